The average molecular weight is 312 g/mol. The molecule has 0 spiro atoms. The van der Waals surface area contributed by atoms with Crippen LogP contribution in [-0.2, 0) is 6.54 Å². The van der Waals surface area contributed by atoms with Gasteiger partial charge in [0.05, 0.1) is 0 Å². The number of nitrogens with zero attached hydrogens (tertiary/aromatic N) is 1. The van der Waals surface area contributed by atoms with Crippen LogP contribution in [0, 0.1) is 5.82 Å². The Morgan fingerprint density at radius 1 is 1.26 bits per heavy atom. The summed E-state index contributed by atoms with van der Waals surface area (Å²) >= 11 is 0. The summed E-state index contributed by atoms with van der Waals surface area (Å²) in [6, 6.07) is 14.8. The van der Waals surface area contributed by atoms with Gasteiger partial charge in [0.1, 0.15) is 5.82 Å². The van der Waals surface area contributed by atoms with Crippen LogP contribution in [0.1, 0.15) is 47.3 Å². The fraction of sp³-hybridized carbons (Fsp3) is 0.316. The van der Waals surface area contributed by atoms with Gasteiger partial charge in [-0.05, 0) is 43.5 Å². The molecule has 1 aliphatic carbocycles. The van der Waals surface area contributed by atoms with Gasteiger partial charge in [-0.2, -0.15) is 0 Å². The van der Waals surface area contributed by atoms with Crippen LogP contribution in [0.15, 0.2) is 48.5 Å². The Balaban J connectivity index is 1.84. The van der Waals surface area contributed by atoms with Crippen LogP contribution in [0.3, 0.4) is 0 Å². The van der Waals surface area contributed by atoms with Crippen molar-refractivity contribution >= 4 is 5.91 Å². The molecule has 120 valence electrons. The van der Waals surface area contributed by atoms with Crippen LogP contribution >= 0.6 is 0 Å². The highest BCUT2D eigenvalue weighted by Crippen LogP contribution is 2.36. The lowest BCUT2D eigenvalue weighted by Gasteiger charge is -2.30. The molecule has 1 atom stereocenters. The lowest BCUT2D eigenvalue weighted by Crippen LogP contribution is -2.29. The van der Waals surface area contributed by atoms with Gasteiger partial charge in [-0.25, -0.2) is 4.39 Å². The third kappa shape index (κ3) is 3.59. The van der Waals surface area contributed by atoms with E-state index in [1.807, 2.05) is 37.3 Å². The number of nitrogens with two attached hydrogens (primary N) is 1. The summed E-state index contributed by atoms with van der Waals surface area (Å²) in [5.41, 5.74) is 7.60. The van der Waals surface area contributed by atoms with Crippen molar-refractivity contribution in [2.75, 3.05) is 0 Å². The van der Waals surface area contributed by atoms with Crippen molar-refractivity contribution in [3.8, 4) is 0 Å². The summed E-state index contributed by atoms with van der Waals surface area (Å²) in [5, 5.41) is 0. The lowest BCUT2D eigenvalue weighted by molar-refractivity contribution is 0.1000. The number of hydrogen-bond acceptors (Lipinski definition) is 2. The Hall–Kier alpha value is -2.20. The number of primary amides is 1. The maximum atomic E-state index is 14.1. The number of rotatable bonds is 6. The van der Waals surface area contributed by atoms with E-state index in [2.05, 4.69) is 4.90 Å². The van der Waals surface area contributed by atoms with E-state index in [0.717, 1.165) is 18.4 Å². The molecule has 3 rings (SSSR count). The molecule has 2 aromatic carbocycles. The first-order chi connectivity index (χ1) is 11.1. The smallest absolute Gasteiger partial charge is 0.248 e. The number of benzene rings is 2. The highest BCUT2D eigenvalue weighted by molar-refractivity contribution is 5.92. The Labute approximate surface area is 135 Å². The van der Waals surface area contributed by atoms with E-state index in [-0.39, 0.29) is 11.9 Å². The van der Waals surface area contributed by atoms with Crippen molar-refractivity contribution in [2.45, 2.75) is 38.4 Å². The van der Waals surface area contributed by atoms with Crippen LogP contribution in [-0.4, -0.2) is 16.8 Å². The number of carbonyl (C=O) groups excluding carboxylic acids is 1. The molecule has 3 nitrogen and oxygen atoms in total. The zero-order chi connectivity index (χ0) is 16.4. The third-order valence-corrected chi connectivity index (χ3v) is 4.45. The van der Waals surface area contributed by atoms with E-state index >= 15 is 0 Å². The molecule has 1 fully saturated rings. The number of halogens is 1. The fourth-order valence-corrected chi connectivity index (χ4v) is 3.01. The molecule has 0 aliphatic heterocycles. The summed E-state index contributed by atoms with van der Waals surface area (Å²) < 4.78 is 14.1. The van der Waals surface area contributed by atoms with Gasteiger partial charge in [0.2, 0.25) is 5.91 Å². The van der Waals surface area contributed by atoms with Crippen molar-refractivity contribution in [1.82, 2.24) is 4.90 Å². The van der Waals surface area contributed by atoms with E-state index in [0.29, 0.717) is 23.7 Å². The second kappa shape index (κ2) is 6.50. The summed E-state index contributed by atoms with van der Waals surface area (Å²) in [4.78, 5) is 13.6. The maximum absolute atomic E-state index is 14.1. The SMILES string of the molecule is C[C@@H](c1ccccc1F)N(Cc1cccc(C(N)=O)c1)C1CC1. The molecule has 2 N–H and O–H groups in total. The molecule has 0 radical (unpaired) electrons. The molecule has 23 heavy (non-hydrogen) atoms. The zero-order valence-corrected chi connectivity index (χ0v) is 13.2. The van der Waals surface area contributed by atoms with Gasteiger partial charge < -0.3 is 5.73 Å². The number of carbonyl (C=O) groups is 1. The van der Waals surface area contributed by atoms with Gasteiger partial charge in [-0.15, -0.1) is 0 Å². The Morgan fingerprint density at radius 2 is 2.00 bits per heavy atom. The average Bonchev–Trinajstić information content (AvgIpc) is 3.37. The molecule has 1 saturated carbocycles. The first-order valence-electron chi connectivity index (χ1n) is 7.95. The van der Waals surface area contributed by atoms with E-state index in [1.54, 1.807) is 12.1 Å². The van der Waals surface area contributed by atoms with Gasteiger partial charge in [-0.3, -0.25) is 9.69 Å². The Morgan fingerprint density at radius 3 is 2.65 bits per heavy atom. The van der Waals surface area contributed by atoms with Crippen LogP contribution in [0.4, 0.5) is 4.39 Å². The van der Waals surface area contributed by atoms with E-state index < -0.39 is 5.91 Å². The normalized spacial score (nSPS) is 15.6. The minimum atomic E-state index is -0.424. The van der Waals surface area contributed by atoms with Crippen molar-refractivity contribution in [3.05, 3.63) is 71.0 Å². The Bertz CT molecular complexity index is 712. The molecule has 0 aromatic heterocycles. The second-order valence-electron chi connectivity index (χ2n) is 6.17. The van der Waals surface area contributed by atoms with Crippen molar-refractivity contribution in [2.24, 2.45) is 5.73 Å². The molecule has 0 heterocycles. The maximum Gasteiger partial charge on any atom is 0.248 e. The summed E-state index contributed by atoms with van der Waals surface area (Å²) in [5.74, 6) is -0.594. The van der Waals surface area contributed by atoms with Gasteiger partial charge >= 0.3 is 0 Å². The predicted molar refractivity (Wildman–Crippen MR) is 88.3 cm³/mol. The van der Waals surface area contributed by atoms with Gasteiger partial charge in [0.15, 0.2) is 0 Å². The van der Waals surface area contributed by atoms with E-state index in [9.17, 15) is 9.18 Å². The predicted octanol–water partition coefficient (Wildman–Crippen LogP) is 3.65. The molecular formula is C19H21FN2O. The monoisotopic (exact) mass is 312 g/mol. The molecule has 1 aliphatic rings. The third-order valence-electron chi connectivity index (χ3n) is 4.45. The van der Waals surface area contributed by atoms with Crippen LogP contribution in [0.2, 0.25) is 0 Å². The lowest BCUT2D eigenvalue weighted by atomic mass is 10.0. The van der Waals surface area contributed by atoms with Crippen molar-refractivity contribution in [3.63, 3.8) is 0 Å². The molecule has 2 aromatic rings. The summed E-state index contributed by atoms with van der Waals surface area (Å²) in [6.45, 7) is 2.72. The van der Waals surface area contributed by atoms with Gasteiger partial charge in [-0.1, -0.05) is 30.3 Å². The zero-order valence-electron chi connectivity index (χ0n) is 13.2. The summed E-state index contributed by atoms with van der Waals surface area (Å²) in [7, 11) is 0. The van der Waals surface area contributed by atoms with Crippen LogP contribution < -0.4 is 5.73 Å². The first-order valence-corrected chi connectivity index (χ1v) is 7.95. The van der Waals surface area contributed by atoms with E-state index in [1.165, 1.54) is 6.07 Å². The molecule has 0 unspecified atom stereocenters. The standard InChI is InChI=1S/C19H21FN2O/c1-13(17-7-2-3-8-18(17)20)22(16-9-10-16)12-14-5-4-6-15(11-14)19(21)23/h2-8,11,13,16H,9-10,12H2,1H3,(H2,21,23)/t13-/m0/s1. The largest absolute Gasteiger partial charge is 0.366 e. The first kappa shape index (κ1) is 15.7. The van der Waals surface area contributed by atoms with Crippen molar-refractivity contribution in [1.29, 1.82) is 0 Å². The molecule has 4 heteroatoms. The minimum Gasteiger partial charge on any atom is -0.366 e. The van der Waals surface area contributed by atoms with Crippen LogP contribution in [0.25, 0.3) is 0 Å². The topological polar surface area (TPSA) is 46.3 Å². The van der Waals surface area contributed by atoms with Gasteiger partial charge in [0, 0.05) is 29.8 Å². The number of amides is 1. The van der Waals surface area contributed by atoms with Crippen LogP contribution in [0.5, 0.6) is 0 Å². The molecule has 0 bridgehead atoms. The highest BCUT2D eigenvalue weighted by atomic mass is 19.1. The Kier molecular flexibility index (Phi) is 4.44. The highest BCUT2D eigenvalue weighted by Gasteiger charge is 2.33. The van der Waals surface area contributed by atoms with E-state index in [4.69, 9.17) is 5.73 Å². The summed E-state index contributed by atoms with van der Waals surface area (Å²) in [6.07, 6.45) is 2.27. The minimum absolute atomic E-state index is 0.0130. The number of hydrogen-bond donors (Lipinski definition) is 1. The quantitative estimate of drug-likeness (QED) is 0.885. The molecule has 0 saturated heterocycles. The molecular weight excluding hydrogens is 291 g/mol. The second-order valence-corrected chi connectivity index (χ2v) is 6.17. The van der Waals surface area contributed by atoms with Gasteiger partial charge in [0.25, 0.3) is 0 Å². The molecule has 1 amide bonds. The fourth-order valence-electron chi connectivity index (χ4n) is 3.01. The van der Waals surface area contributed by atoms with Crippen molar-refractivity contribution < 1.29 is 9.18 Å².